The van der Waals surface area contributed by atoms with Crippen molar-refractivity contribution in [3.63, 3.8) is 0 Å². The van der Waals surface area contributed by atoms with Crippen molar-refractivity contribution in [1.82, 2.24) is 0 Å². The number of halogens is 1. The molecule has 2 aromatic rings. The molecule has 0 saturated heterocycles. The second-order valence-electron chi connectivity index (χ2n) is 4.63. The topological polar surface area (TPSA) is 30.5 Å². The van der Waals surface area contributed by atoms with Gasteiger partial charge in [0.1, 0.15) is 5.75 Å². The van der Waals surface area contributed by atoms with Gasteiger partial charge >= 0.3 is 0 Å². The predicted molar refractivity (Wildman–Crippen MR) is 89.8 cm³/mol. The molecule has 0 spiro atoms. The molecule has 0 aliphatic carbocycles. The van der Waals surface area contributed by atoms with Crippen molar-refractivity contribution in [3.8, 4) is 5.75 Å². The SMILES string of the molecule is CCOc1ccc(CNc2cccc(Br)c2COC)cc1. The molecule has 0 unspecified atom stereocenters. The quantitative estimate of drug-likeness (QED) is 0.791. The van der Waals surface area contributed by atoms with Gasteiger partial charge in [0.2, 0.25) is 0 Å². The highest BCUT2D eigenvalue weighted by Gasteiger charge is 2.06. The number of rotatable bonds is 7. The van der Waals surface area contributed by atoms with Crippen molar-refractivity contribution in [2.45, 2.75) is 20.1 Å². The van der Waals surface area contributed by atoms with Crippen LogP contribution in [-0.2, 0) is 17.9 Å². The second kappa shape index (κ2) is 8.05. The lowest BCUT2D eigenvalue weighted by molar-refractivity contribution is 0.185. The minimum Gasteiger partial charge on any atom is -0.494 e. The van der Waals surface area contributed by atoms with Crippen molar-refractivity contribution in [2.75, 3.05) is 19.0 Å². The molecule has 0 amide bonds. The van der Waals surface area contributed by atoms with Crippen molar-refractivity contribution in [2.24, 2.45) is 0 Å². The summed E-state index contributed by atoms with van der Waals surface area (Å²) >= 11 is 3.56. The fraction of sp³-hybridized carbons (Fsp3) is 0.294. The molecule has 3 nitrogen and oxygen atoms in total. The van der Waals surface area contributed by atoms with Crippen molar-refractivity contribution in [3.05, 3.63) is 58.1 Å². The minimum atomic E-state index is 0.576. The van der Waals surface area contributed by atoms with E-state index in [9.17, 15) is 0 Å². The summed E-state index contributed by atoms with van der Waals surface area (Å²) in [5.74, 6) is 0.906. The summed E-state index contributed by atoms with van der Waals surface area (Å²) in [6.45, 7) is 4.02. The standard InChI is InChI=1S/C17H20BrNO2/c1-3-21-14-9-7-13(8-10-14)11-19-17-6-4-5-16(18)15(17)12-20-2/h4-10,19H,3,11-12H2,1-2H3. The lowest BCUT2D eigenvalue weighted by atomic mass is 10.1. The van der Waals surface area contributed by atoms with Gasteiger partial charge in [-0.1, -0.05) is 34.1 Å². The molecule has 0 atom stereocenters. The maximum Gasteiger partial charge on any atom is 0.119 e. The van der Waals surface area contributed by atoms with E-state index in [2.05, 4.69) is 39.4 Å². The van der Waals surface area contributed by atoms with E-state index in [1.807, 2.05) is 31.2 Å². The molecule has 21 heavy (non-hydrogen) atoms. The summed E-state index contributed by atoms with van der Waals surface area (Å²) in [5.41, 5.74) is 3.42. The predicted octanol–water partition coefficient (Wildman–Crippen LogP) is 4.61. The van der Waals surface area contributed by atoms with Gasteiger partial charge in [-0.2, -0.15) is 0 Å². The molecule has 1 N–H and O–H groups in total. The van der Waals surface area contributed by atoms with E-state index in [0.29, 0.717) is 13.2 Å². The molecule has 0 aliphatic heterocycles. The lowest BCUT2D eigenvalue weighted by Gasteiger charge is -2.13. The monoisotopic (exact) mass is 349 g/mol. The Balaban J connectivity index is 2.04. The van der Waals surface area contributed by atoms with E-state index in [1.165, 1.54) is 5.56 Å². The smallest absolute Gasteiger partial charge is 0.119 e. The van der Waals surface area contributed by atoms with Crippen LogP contribution in [0.5, 0.6) is 5.75 Å². The lowest BCUT2D eigenvalue weighted by Crippen LogP contribution is -2.04. The zero-order valence-corrected chi connectivity index (χ0v) is 13.9. The summed E-state index contributed by atoms with van der Waals surface area (Å²) in [5, 5.41) is 3.46. The molecule has 4 heteroatoms. The maximum atomic E-state index is 5.45. The summed E-state index contributed by atoms with van der Waals surface area (Å²) in [6, 6.07) is 14.3. The molecule has 0 aromatic heterocycles. The highest BCUT2D eigenvalue weighted by Crippen LogP contribution is 2.26. The van der Waals surface area contributed by atoms with Crippen molar-refractivity contribution < 1.29 is 9.47 Å². The molecule has 0 heterocycles. The van der Waals surface area contributed by atoms with Gasteiger partial charge in [0.25, 0.3) is 0 Å². The molecular weight excluding hydrogens is 330 g/mol. The third-order valence-corrected chi connectivity index (χ3v) is 3.87. The van der Waals surface area contributed by atoms with Crippen LogP contribution >= 0.6 is 15.9 Å². The zero-order valence-electron chi connectivity index (χ0n) is 12.4. The largest absolute Gasteiger partial charge is 0.494 e. The van der Waals surface area contributed by atoms with Gasteiger partial charge in [-0.05, 0) is 36.8 Å². The first-order valence-electron chi connectivity index (χ1n) is 6.96. The number of methoxy groups -OCH3 is 1. The average molecular weight is 350 g/mol. The van der Waals surface area contributed by atoms with E-state index in [-0.39, 0.29) is 0 Å². The second-order valence-corrected chi connectivity index (χ2v) is 5.48. The van der Waals surface area contributed by atoms with Crippen molar-refractivity contribution in [1.29, 1.82) is 0 Å². The van der Waals surface area contributed by atoms with Crippen LogP contribution in [0, 0.1) is 0 Å². The van der Waals surface area contributed by atoms with Crippen molar-refractivity contribution >= 4 is 21.6 Å². The molecule has 0 radical (unpaired) electrons. The molecule has 2 aromatic carbocycles. The van der Waals surface area contributed by atoms with E-state index in [1.54, 1.807) is 7.11 Å². The minimum absolute atomic E-state index is 0.576. The van der Waals surface area contributed by atoms with Gasteiger partial charge in [-0.15, -0.1) is 0 Å². The maximum absolute atomic E-state index is 5.45. The Morgan fingerprint density at radius 3 is 2.52 bits per heavy atom. The summed E-state index contributed by atoms with van der Waals surface area (Å²) in [6.07, 6.45) is 0. The third-order valence-electron chi connectivity index (χ3n) is 3.12. The zero-order chi connectivity index (χ0) is 15.1. The van der Waals surface area contributed by atoms with Crippen LogP contribution in [0.25, 0.3) is 0 Å². The number of nitrogens with one attached hydrogen (secondary N) is 1. The van der Waals surface area contributed by atoms with Crippen LogP contribution in [0.4, 0.5) is 5.69 Å². The van der Waals surface area contributed by atoms with Crippen LogP contribution in [0.15, 0.2) is 46.9 Å². The van der Waals surface area contributed by atoms with Gasteiger partial charge in [0.05, 0.1) is 13.2 Å². The first-order valence-corrected chi connectivity index (χ1v) is 7.75. The summed E-state index contributed by atoms with van der Waals surface area (Å²) in [4.78, 5) is 0. The molecular formula is C17H20BrNO2. The van der Waals surface area contributed by atoms with Gasteiger partial charge in [0, 0.05) is 29.4 Å². The highest BCUT2D eigenvalue weighted by atomic mass is 79.9. The third kappa shape index (κ3) is 4.48. The fourth-order valence-corrected chi connectivity index (χ4v) is 2.56. The Bertz CT molecular complexity index is 570. The van der Waals surface area contributed by atoms with Crippen LogP contribution in [0.2, 0.25) is 0 Å². The average Bonchev–Trinajstić information content (AvgIpc) is 2.50. The molecule has 0 aliphatic rings. The molecule has 0 saturated carbocycles. The van der Waals surface area contributed by atoms with Crippen LogP contribution < -0.4 is 10.1 Å². The highest BCUT2D eigenvalue weighted by molar-refractivity contribution is 9.10. The first kappa shape index (κ1) is 15.9. The van der Waals surface area contributed by atoms with Gasteiger partial charge < -0.3 is 14.8 Å². The van der Waals surface area contributed by atoms with Gasteiger partial charge in [-0.3, -0.25) is 0 Å². The first-order chi connectivity index (χ1) is 10.2. The number of ether oxygens (including phenoxy) is 2. The molecule has 0 bridgehead atoms. The van der Waals surface area contributed by atoms with E-state index < -0.39 is 0 Å². The van der Waals surface area contributed by atoms with Gasteiger partial charge in [-0.25, -0.2) is 0 Å². The Morgan fingerprint density at radius 1 is 1.10 bits per heavy atom. The van der Waals surface area contributed by atoms with E-state index in [4.69, 9.17) is 9.47 Å². The summed E-state index contributed by atoms with van der Waals surface area (Å²) in [7, 11) is 1.70. The Hall–Kier alpha value is -1.52. The van der Waals surface area contributed by atoms with E-state index >= 15 is 0 Å². The van der Waals surface area contributed by atoms with Crippen LogP contribution in [-0.4, -0.2) is 13.7 Å². The summed E-state index contributed by atoms with van der Waals surface area (Å²) < 4.78 is 11.8. The number of hydrogen-bond donors (Lipinski definition) is 1. The normalized spacial score (nSPS) is 10.4. The fourth-order valence-electron chi connectivity index (χ4n) is 2.08. The molecule has 2 rings (SSSR count). The number of hydrogen-bond acceptors (Lipinski definition) is 3. The molecule has 112 valence electrons. The Morgan fingerprint density at radius 2 is 1.86 bits per heavy atom. The van der Waals surface area contributed by atoms with Gasteiger partial charge in [0.15, 0.2) is 0 Å². The Kier molecular flexibility index (Phi) is 6.08. The van der Waals surface area contributed by atoms with Crippen LogP contribution in [0.1, 0.15) is 18.1 Å². The Labute approximate surface area is 134 Å². The van der Waals surface area contributed by atoms with E-state index in [0.717, 1.165) is 28.0 Å². The molecule has 0 fully saturated rings. The number of benzene rings is 2. The van der Waals surface area contributed by atoms with Crippen LogP contribution in [0.3, 0.4) is 0 Å². The number of anilines is 1.